The Kier molecular flexibility index (Phi) is 12.1. The molecule has 0 atom stereocenters. The Morgan fingerprint density at radius 1 is 0.516 bits per heavy atom. The summed E-state index contributed by atoms with van der Waals surface area (Å²) in [7, 11) is 3.85. The molecule has 64 heavy (non-hydrogen) atoms. The second kappa shape index (κ2) is 18.6. The first-order chi connectivity index (χ1) is 31.7. The van der Waals surface area contributed by atoms with Crippen molar-refractivity contribution in [1.82, 2.24) is 0 Å². The number of hydrogen-bond acceptors (Lipinski definition) is 0. The fourth-order valence-electron chi connectivity index (χ4n) is 9.60. The summed E-state index contributed by atoms with van der Waals surface area (Å²) in [5.41, 5.74) is 18.4. The van der Waals surface area contributed by atoms with E-state index in [1.807, 2.05) is 71.8 Å². The summed E-state index contributed by atoms with van der Waals surface area (Å²) >= 11 is 0. The quantitative estimate of drug-likeness (QED) is 0.123. The van der Waals surface area contributed by atoms with E-state index in [2.05, 4.69) is 142 Å². The van der Waals surface area contributed by atoms with Gasteiger partial charge in [-0.3, -0.25) is 11.1 Å². The molecule has 9 rings (SSSR count). The van der Waals surface area contributed by atoms with Crippen molar-refractivity contribution in [3.05, 3.63) is 196 Å². The largest absolute Gasteiger partial charge is 0.265 e. The van der Waals surface area contributed by atoms with E-state index >= 15 is 0 Å². The molecule has 0 aliphatic heterocycles. The first-order valence-corrected chi connectivity index (χ1v) is 21.6. The van der Waals surface area contributed by atoms with Gasteiger partial charge in [-0.15, -0.1) is 29.3 Å². The van der Waals surface area contributed by atoms with Crippen LogP contribution in [0.4, 0.5) is 0 Å². The number of benzene rings is 5. The van der Waals surface area contributed by atoms with Crippen LogP contribution in [0.3, 0.4) is 0 Å². The maximum absolute atomic E-state index is 7.84. The van der Waals surface area contributed by atoms with Crippen LogP contribution >= 0.6 is 0 Å². The van der Waals surface area contributed by atoms with Gasteiger partial charge in [0.2, 0.25) is 11.4 Å². The Balaban J connectivity index is 0.000000225. The molecule has 0 N–H and O–H groups in total. The summed E-state index contributed by atoms with van der Waals surface area (Å²) in [6, 6.07) is 47.1. The first-order valence-electron chi connectivity index (χ1n) is 24.6. The van der Waals surface area contributed by atoms with E-state index in [0.717, 1.165) is 44.8 Å². The first kappa shape index (κ1) is 41.8. The van der Waals surface area contributed by atoms with E-state index < -0.39 is 13.7 Å². The standard InChI is InChI=1S/C32H32N.C28H30N.2Y/c1-21-13-18-28(33(7)20-21)29-22(2)14-16-25-26-19-24(23-11-9-8-10-12-23)15-17-27(26)31(3,4)32(5,6)30(25)29;1-19-13-14-26(29(7)18-19)22-16-23-24(21-11-9-8-10-12-21)17-27(3,4)28(5,6)25(23)15-20(22)2;;/h8-11,13-14,16-20H,1-7H3;8-11,13-16,18H,1-7H3;;/q2*-1;;/i2*1D3;;. The molecule has 2 radical (unpaired) electrons. The summed E-state index contributed by atoms with van der Waals surface area (Å²) in [5.74, 6) is 0. The molecule has 2 nitrogen and oxygen atoms in total. The van der Waals surface area contributed by atoms with Gasteiger partial charge in [0, 0.05) is 102 Å². The summed E-state index contributed by atoms with van der Waals surface area (Å²) < 4.78 is 50.6. The molecule has 0 saturated heterocycles. The summed E-state index contributed by atoms with van der Waals surface area (Å²) in [5, 5.41) is 0. The predicted molar refractivity (Wildman–Crippen MR) is 257 cm³/mol. The third kappa shape index (κ3) is 8.60. The van der Waals surface area contributed by atoms with Crippen LogP contribution in [0.15, 0.2) is 122 Å². The molecule has 5 aromatic carbocycles. The van der Waals surface area contributed by atoms with E-state index in [0.29, 0.717) is 11.1 Å². The van der Waals surface area contributed by atoms with Gasteiger partial charge in [0.15, 0.2) is 12.4 Å². The third-order valence-electron chi connectivity index (χ3n) is 14.6. The van der Waals surface area contributed by atoms with Crippen LogP contribution in [0.2, 0.25) is 0 Å². The Labute approximate surface area is 443 Å². The summed E-state index contributed by atoms with van der Waals surface area (Å²) in [4.78, 5) is 0. The van der Waals surface area contributed by atoms with Gasteiger partial charge in [-0.25, -0.2) is 38.5 Å². The minimum Gasteiger partial charge on any atom is -0.265 e. The molecule has 0 fully saturated rings. The van der Waals surface area contributed by atoms with Gasteiger partial charge in [0.1, 0.15) is 14.1 Å². The summed E-state index contributed by atoms with van der Waals surface area (Å²) in [6.45, 7) is 18.4. The normalized spacial score (nSPS) is 17.5. The zero-order chi connectivity index (χ0) is 49.5. The molecule has 2 aliphatic rings. The molecule has 0 bridgehead atoms. The zero-order valence-electron chi connectivity index (χ0n) is 45.6. The average Bonchev–Trinajstić information content (AvgIpc) is 3.27. The van der Waals surface area contributed by atoms with Crippen LogP contribution in [0.5, 0.6) is 0 Å². The van der Waals surface area contributed by atoms with Crippen molar-refractivity contribution >= 4 is 5.57 Å². The van der Waals surface area contributed by atoms with Crippen molar-refractivity contribution in [1.29, 1.82) is 0 Å². The predicted octanol–water partition coefficient (Wildman–Crippen LogP) is 13.4. The van der Waals surface area contributed by atoms with Gasteiger partial charge in [-0.05, 0) is 78.2 Å². The molecule has 7 aromatic rings. The molecular formula is C60H62N2Y2-2. The third-order valence-corrected chi connectivity index (χ3v) is 14.6. The van der Waals surface area contributed by atoms with Gasteiger partial charge in [-0.2, -0.15) is 60.2 Å². The van der Waals surface area contributed by atoms with E-state index in [4.69, 9.17) is 8.22 Å². The van der Waals surface area contributed by atoms with Crippen LogP contribution in [0.25, 0.3) is 50.3 Å². The number of allylic oxidation sites excluding steroid dienone is 1. The van der Waals surface area contributed by atoms with Crippen LogP contribution < -0.4 is 9.13 Å². The minimum atomic E-state index is -2.14. The number of nitrogens with zero attached hydrogens (tertiary/aromatic N) is 2. The number of aromatic nitrogens is 2. The van der Waals surface area contributed by atoms with E-state index in [1.165, 1.54) is 44.5 Å². The molecule has 2 aromatic heterocycles. The Bertz CT molecular complexity index is 3130. The topological polar surface area (TPSA) is 7.76 Å². The van der Waals surface area contributed by atoms with Crippen molar-refractivity contribution in [2.24, 2.45) is 19.5 Å². The van der Waals surface area contributed by atoms with Crippen LogP contribution in [-0.2, 0) is 95.8 Å². The van der Waals surface area contributed by atoms with Gasteiger partial charge >= 0.3 is 0 Å². The fraction of sp³-hybridized carbons (Fsp3) is 0.300. The SMILES string of the molecule is [2H]C([2H])([2H])c1ccc(-c2c(C)ccc3c2C(C)(C)C(C)(C)c2c[c-]c(-c4[c-]cccc4)cc2-3)[n+](C)c1.[2H]C([2H])([2H])c1ccc(-c2cc3c(cc2C)C(C)(C)C(C)(C)[C-]=C3c2[c-]cccc2)[n+](C)c1.[Y].[Y]. The Morgan fingerprint density at radius 3 is 1.70 bits per heavy atom. The maximum Gasteiger partial charge on any atom is 0.212 e. The molecule has 2 aliphatic carbocycles. The van der Waals surface area contributed by atoms with Gasteiger partial charge in [0.05, 0.1) is 5.56 Å². The molecular weight excluding hydrogens is 926 g/mol. The van der Waals surface area contributed by atoms with Gasteiger partial charge in [0.25, 0.3) is 0 Å². The molecule has 0 spiro atoms. The molecule has 320 valence electrons. The zero-order valence-corrected chi connectivity index (χ0v) is 45.3. The molecule has 2 heterocycles. The average molecular weight is 995 g/mol. The Hall–Kier alpha value is -3.65. The second-order valence-electron chi connectivity index (χ2n) is 19.4. The smallest absolute Gasteiger partial charge is 0.212 e. The minimum absolute atomic E-state index is 0. The molecule has 0 saturated carbocycles. The number of rotatable bonds is 4. The molecule has 4 heteroatoms. The maximum atomic E-state index is 7.84. The van der Waals surface area contributed by atoms with Crippen LogP contribution in [0.1, 0.15) is 114 Å². The second-order valence-corrected chi connectivity index (χ2v) is 19.4. The van der Waals surface area contributed by atoms with Crippen LogP contribution in [0, 0.1) is 57.2 Å². The van der Waals surface area contributed by atoms with Crippen molar-refractivity contribution in [2.75, 3.05) is 0 Å². The van der Waals surface area contributed by atoms with Gasteiger partial charge < -0.3 is 0 Å². The van der Waals surface area contributed by atoms with Crippen molar-refractivity contribution < 1.29 is 82.8 Å². The van der Waals surface area contributed by atoms with E-state index in [-0.39, 0.29) is 87.1 Å². The number of fused-ring (bicyclic) bond motifs is 4. The summed E-state index contributed by atoms with van der Waals surface area (Å²) in [6.07, 6.45) is 7.26. The van der Waals surface area contributed by atoms with Crippen molar-refractivity contribution in [3.63, 3.8) is 0 Å². The van der Waals surface area contributed by atoms with Gasteiger partial charge in [-0.1, -0.05) is 84.6 Å². The number of pyridine rings is 2. The number of aryl methyl sites for hydroxylation is 6. The van der Waals surface area contributed by atoms with Crippen molar-refractivity contribution in [2.45, 2.75) is 99.2 Å². The Morgan fingerprint density at radius 2 is 1.12 bits per heavy atom. The van der Waals surface area contributed by atoms with Crippen molar-refractivity contribution in [3.8, 4) is 44.8 Å². The molecule has 0 amide bonds. The van der Waals surface area contributed by atoms with E-state index in [1.54, 1.807) is 24.5 Å². The fourth-order valence-corrected chi connectivity index (χ4v) is 9.60. The van der Waals surface area contributed by atoms with E-state index in [9.17, 15) is 0 Å². The monoisotopic (exact) mass is 994 g/mol. The number of hydrogen-bond donors (Lipinski definition) is 0. The van der Waals surface area contributed by atoms with Crippen LogP contribution in [-0.4, -0.2) is 0 Å². The molecule has 0 unspecified atom stereocenters.